The number of alkyl halides is 5. The molecule has 0 fully saturated rings. The molecule has 2 rings (SSSR count). The van der Waals surface area contributed by atoms with E-state index in [2.05, 4.69) is 28.2 Å². The SMILES string of the molecule is [B]C(F)(F)C(=O)NNc1cnc(-c2ccc(OC(CC)C(F)(F)F)nc2)cn1. The van der Waals surface area contributed by atoms with Crippen molar-refractivity contribution in [3.63, 3.8) is 0 Å². The van der Waals surface area contributed by atoms with E-state index >= 15 is 0 Å². The van der Waals surface area contributed by atoms with E-state index < -0.39 is 24.0 Å². The molecule has 2 radical (unpaired) electrons. The summed E-state index contributed by atoms with van der Waals surface area (Å²) in [4.78, 5) is 22.6. The molecule has 7 nitrogen and oxygen atoms in total. The maximum absolute atomic E-state index is 12.7. The molecule has 0 saturated carbocycles. The lowest BCUT2D eigenvalue weighted by Crippen LogP contribution is -2.43. The number of nitrogens with one attached hydrogen (secondary N) is 2. The van der Waals surface area contributed by atoms with Crippen molar-refractivity contribution in [2.45, 2.75) is 31.4 Å². The van der Waals surface area contributed by atoms with Crippen molar-refractivity contribution in [2.24, 2.45) is 0 Å². The lowest BCUT2D eigenvalue weighted by Gasteiger charge is -2.19. The molecule has 0 bridgehead atoms. The van der Waals surface area contributed by atoms with Gasteiger partial charge in [0.1, 0.15) is 0 Å². The van der Waals surface area contributed by atoms with E-state index in [4.69, 9.17) is 4.74 Å². The lowest BCUT2D eigenvalue weighted by atomic mass is 9.98. The van der Waals surface area contributed by atoms with E-state index in [0.29, 0.717) is 11.3 Å². The van der Waals surface area contributed by atoms with Crippen molar-refractivity contribution in [1.29, 1.82) is 0 Å². The first kappa shape index (κ1) is 21.3. The highest BCUT2D eigenvalue weighted by atomic mass is 19.4. The number of aromatic nitrogens is 3. The summed E-state index contributed by atoms with van der Waals surface area (Å²) in [7, 11) is 4.32. The van der Waals surface area contributed by atoms with Crippen LogP contribution in [0.4, 0.5) is 27.8 Å². The molecular weight excluding hydrogens is 388 g/mol. The number of hydrogen-bond donors (Lipinski definition) is 2. The Balaban J connectivity index is 2.01. The van der Waals surface area contributed by atoms with Gasteiger partial charge in [-0.2, -0.15) is 13.2 Å². The second-order valence-corrected chi connectivity index (χ2v) is 5.43. The summed E-state index contributed by atoms with van der Waals surface area (Å²) in [6.45, 7) is 1.34. The number of hydrazine groups is 1. The first-order valence-electron chi connectivity index (χ1n) is 7.75. The number of carbonyl (C=O) groups is 1. The highest BCUT2D eigenvalue weighted by Gasteiger charge is 2.40. The average Bonchev–Trinajstić information content (AvgIpc) is 2.63. The van der Waals surface area contributed by atoms with Crippen LogP contribution in [0, 0.1) is 0 Å². The van der Waals surface area contributed by atoms with Crippen LogP contribution in [0.2, 0.25) is 0 Å². The summed E-state index contributed by atoms with van der Waals surface area (Å²) in [6.07, 6.45) is -3.13. The average molecular weight is 401 g/mol. The number of hydrogen-bond acceptors (Lipinski definition) is 6. The number of anilines is 1. The minimum atomic E-state index is -4.51. The Kier molecular flexibility index (Phi) is 6.36. The predicted octanol–water partition coefficient (Wildman–Crippen LogP) is 2.46. The third-order valence-corrected chi connectivity index (χ3v) is 3.29. The van der Waals surface area contributed by atoms with Gasteiger partial charge in [0, 0.05) is 17.8 Å². The van der Waals surface area contributed by atoms with Crippen molar-refractivity contribution in [3.05, 3.63) is 30.7 Å². The van der Waals surface area contributed by atoms with Gasteiger partial charge in [-0.25, -0.2) is 18.7 Å². The zero-order valence-electron chi connectivity index (χ0n) is 14.3. The number of pyridine rings is 1. The van der Waals surface area contributed by atoms with Crippen LogP contribution in [0.25, 0.3) is 11.3 Å². The summed E-state index contributed by atoms with van der Waals surface area (Å²) in [5.41, 5.74) is 4.47. The van der Waals surface area contributed by atoms with E-state index in [0.717, 1.165) is 6.20 Å². The molecule has 0 aliphatic heterocycles. The van der Waals surface area contributed by atoms with Gasteiger partial charge in [0.25, 0.3) is 11.7 Å². The van der Waals surface area contributed by atoms with Gasteiger partial charge in [-0.3, -0.25) is 20.6 Å². The van der Waals surface area contributed by atoms with Crippen molar-refractivity contribution in [2.75, 3.05) is 5.43 Å². The molecule has 0 spiro atoms. The zero-order valence-corrected chi connectivity index (χ0v) is 14.3. The van der Waals surface area contributed by atoms with Crippen molar-refractivity contribution in [3.8, 4) is 17.1 Å². The van der Waals surface area contributed by atoms with Gasteiger partial charge >= 0.3 is 6.18 Å². The third kappa shape index (κ3) is 5.76. The van der Waals surface area contributed by atoms with Gasteiger partial charge in [-0.1, -0.05) is 6.92 Å². The minimum absolute atomic E-state index is 0.0507. The van der Waals surface area contributed by atoms with Crippen molar-refractivity contribution in [1.82, 2.24) is 20.4 Å². The fourth-order valence-corrected chi connectivity index (χ4v) is 1.87. The first-order chi connectivity index (χ1) is 13.0. The van der Waals surface area contributed by atoms with E-state index in [9.17, 15) is 26.7 Å². The summed E-state index contributed by atoms with van der Waals surface area (Å²) in [6, 6.07) is 2.68. The van der Waals surface area contributed by atoms with Crippen LogP contribution in [0.5, 0.6) is 5.88 Å². The Labute approximate surface area is 157 Å². The van der Waals surface area contributed by atoms with Gasteiger partial charge in [0.2, 0.25) is 5.88 Å². The second-order valence-electron chi connectivity index (χ2n) is 5.43. The summed E-state index contributed by atoms with van der Waals surface area (Å²) in [5, 5.41) is 0. The molecule has 1 unspecified atom stereocenters. The molecule has 0 aliphatic rings. The molecule has 148 valence electrons. The molecule has 2 N–H and O–H groups in total. The summed E-state index contributed by atoms with van der Waals surface area (Å²) < 4.78 is 68.0. The normalized spacial score (nSPS) is 12.9. The van der Waals surface area contributed by atoms with Crippen molar-refractivity contribution >= 4 is 19.6 Å². The molecule has 2 heterocycles. The number of amides is 1. The number of rotatable bonds is 7. The minimum Gasteiger partial charge on any atom is -0.465 e. The predicted molar refractivity (Wildman–Crippen MR) is 88.5 cm³/mol. The Bertz CT molecular complexity index is 796. The maximum Gasteiger partial charge on any atom is 0.425 e. The largest absolute Gasteiger partial charge is 0.465 e. The fourth-order valence-electron chi connectivity index (χ4n) is 1.87. The first-order valence-corrected chi connectivity index (χ1v) is 7.75. The van der Waals surface area contributed by atoms with E-state index in [-0.39, 0.29) is 18.1 Å². The molecule has 0 aliphatic carbocycles. The van der Waals surface area contributed by atoms with Crippen molar-refractivity contribution < 1.29 is 31.5 Å². The van der Waals surface area contributed by atoms with Gasteiger partial charge in [-0.05, 0) is 12.5 Å². The smallest absolute Gasteiger partial charge is 0.425 e. The highest BCUT2D eigenvalue weighted by Crippen LogP contribution is 2.27. The molecular formula is C15H13BF5N5O2. The number of nitrogens with zero attached hydrogens (tertiary/aromatic N) is 3. The number of ether oxygens (including phenoxy) is 1. The number of halogens is 5. The van der Waals surface area contributed by atoms with E-state index in [1.165, 1.54) is 31.5 Å². The topological polar surface area (TPSA) is 89.0 Å². The van der Waals surface area contributed by atoms with Gasteiger partial charge in [0.15, 0.2) is 19.8 Å². The van der Waals surface area contributed by atoms with Gasteiger partial charge in [0.05, 0.1) is 18.1 Å². The van der Waals surface area contributed by atoms with Crippen LogP contribution in [-0.4, -0.2) is 46.8 Å². The molecule has 2 aromatic rings. The van der Waals surface area contributed by atoms with Crippen LogP contribution in [0.3, 0.4) is 0 Å². The monoisotopic (exact) mass is 401 g/mol. The molecule has 0 aromatic carbocycles. The van der Waals surface area contributed by atoms with E-state index in [1.807, 2.05) is 0 Å². The quantitative estimate of drug-likeness (QED) is 0.421. The van der Waals surface area contributed by atoms with Gasteiger partial charge < -0.3 is 4.74 Å². The Morgan fingerprint density at radius 1 is 1.14 bits per heavy atom. The maximum atomic E-state index is 12.7. The van der Waals surface area contributed by atoms with Crippen LogP contribution in [-0.2, 0) is 4.79 Å². The van der Waals surface area contributed by atoms with Gasteiger partial charge in [-0.15, -0.1) is 0 Å². The fraction of sp³-hybridized carbons (Fsp3) is 0.333. The molecule has 1 amide bonds. The summed E-state index contributed by atoms with van der Waals surface area (Å²) >= 11 is 0. The summed E-state index contributed by atoms with van der Waals surface area (Å²) in [5.74, 6) is -6.07. The third-order valence-electron chi connectivity index (χ3n) is 3.29. The Morgan fingerprint density at radius 3 is 2.32 bits per heavy atom. The van der Waals surface area contributed by atoms with Crippen LogP contribution in [0.15, 0.2) is 30.7 Å². The molecule has 28 heavy (non-hydrogen) atoms. The number of carbonyl (C=O) groups excluding carboxylic acids is 1. The highest BCUT2D eigenvalue weighted by molar-refractivity contribution is 6.25. The standard InChI is InChI=1S/C15H13BF5N5O2/c1-2-10(15(19,20)21)28-12-4-3-8(5-24-12)9-6-23-11(7-22-9)25-26-13(27)14(16,17)18/h3-7,10H,2H2,1H3,(H,23,25)(H,26,27). The molecule has 2 aromatic heterocycles. The van der Waals surface area contributed by atoms with E-state index in [1.54, 1.807) is 5.43 Å². The molecule has 1 atom stereocenters. The van der Waals surface area contributed by atoms with Crippen LogP contribution >= 0.6 is 0 Å². The van der Waals surface area contributed by atoms with Crippen LogP contribution in [0.1, 0.15) is 13.3 Å². The Morgan fingerprint density at radius 2 is 1.86 bits per heavy atom. The van der Waals surface area contributed by atoms with Crippen LogP contribution < -0.4 is 15.6 Å². The second kappa shape index (κ2) is 8.36. The lowest BCUT2D eigenvalue weighted by molar-refractivity contribution is -0.196. The molecule has 0 saturated heterocycles. The molecule has 13 heteroatoms. The zero-order chi connectivity index (χ0) is 20.9. The Hall–Kier alpha value is -2.99.